The van der Waals surface area contributed by atoms with Crippen LogP contribution in [-0.4, -0.2) is 0 Å². The third kappa shape index (κ3) is 17.0. The second kappa shape index (κ2) is 18.0. The Labute approximate surface area is 127 Å². The van der Waals surface area contributed by atoms with Gasteiger partial charge in [0.15, 0.2) is 0 Å². The first-order chi connectivity index (χ1) is 9.91. The molecule has 0 rings (SSSR count). The summed E-state index contributed by atoms with van der Waals surface area (Å²) in [5.41, 5.74) is 0. The molecule has 0 bridgehead atoms. The maximum Gasteiger partial charge on any atom is -0.0169 e. The van der Waals surface area contributed by atoms with Gasteiger partial charge in [0.2, 0.25) is 0 Å². The van der Waals surface area contributed by atoms with Crippen molar-refractivity contribution in [3.8, 4) is 0 Å². The van der Waals surface area contributed by atoms with Gasteiger partial charge >= 0.3 is 0 Å². The van der Waals surface area contributed by atoms with Gasteiger partial charge in [0.05, 0.1) is 0 Å². The molecule has 0 aliphatic rings. The Morgan fingerprint density at radius 3 is 1.50 bits per heavy atom. The van der Waals surface area contributed by atoms with Crippen LogP contribution in [0.25, 0.3) is 0 Å². The van der Waals surface area contributed by atoms with E-state index in [1.807, 2.05) is 0 Å². The SMILES string of the molecule is [CH2]CCC/C=C\C/C=C\C/C=C\C/C=C\CCCCC. The van der Waals surface area contributed by atoms with Gasteiger partial charge in [-0.25, -0.2) is 0 Å². The third-order valence-electron chi connectivity index (χ3n) is 3.08. The second-order valence-electron chi connectivity index (χ2n) is 5.08. The van der Waals surface area contributed by atoms with Crippen molar-refractivity contribution < 1.29 is 0 Å². The van der Waals surface area contributed by atoms with E-state index in [1.165, 1.54) is 38.5 Å². The molecular formula is C20H33. The number of rotatable bonds is 13. The van der Waals surface area contributed by atoms with Crippen LogP contribution < -0.4 is 0 Å². The highest BCUT2D eigenvalue weighted by Gasteiger charge is 1.80. The summed E-state index contributed by atoms with van der Waals surface area (Å²) < 4.78 is 0. The van der Waals surface area contributed by atoms with Gasteiger partial charge in [0.25, 0.3) is 0 Å². The Morgan fingerprint density at radius 1 is 0.600 bits per heavy atom. The molecule has 0 aliphatic carbocycles. The number of unbranched alkanes of at least 4 members (excludes halogenated alkanes) is 5. The van der Waals surface area contributed by atoms with E-state index in [9.17, 15) is 0 Å². The monoisotopic (exact) mass is 273 g/mol. The molecule has 0 spiro atoms. The molecule has 0 aromatic carbocycles. The standard InChI is InChI=1S/C20H33/c1-3-5-7-9-11-13-15-17-19-20-18-16-14-12-10-8-6-4-2/h9,11-12,14-15,17-18,20H,1,3-8,10,13,16,19H2,2H3/b11-9-,14-12-,17-15-,20-18-. The van der Waals surface area contributed by atoms with Crippen LogP contribution in [0.3, 0.4) is 0 Å². The minimum atomic E-state index is 1.04. The maximum atomic E-state index is 3.83. The Balaban J connectivity index is 3.36. The van der Waals surface area contributed by atoms with E-state index in [0.717, 1.165) is 25.7 Å². The predicted octanol–water partition coefficient (Wildman–Crippen LogP) is 6.97. The summed E-state index contributed by atoms with van der Waals surface area (Å²) in [5, 5.41) is 0. The van der Waals surface area contributed by atoms with Crippen LogP contribution in [0.4, 0.5) is 0 Å². The Morgan fingerprint density at radius 2 is 1.05 bits per heavy atom. The van der Waals surface area contributed by atoms with Gasteiger partial charge < -0.3 is 0 Å². The lowest BCUT2D eigenvalue weighted by Gasteiger charge is -1.90. The van der Waals surface area contributed by atoms with Crippen molar-refractivity contribution >= 4 is 0 Å². The van der Waals surface area contributed by atoms with Gasteiger partial charge in [-0.2, -0.15) is 0 Å². The highest BCUT2D eigenvalue weighted by atomic mass is 13.9. The zero-order valence-electron chi connectivity index (χ0n) is 13.4. The fourth-order valence-corrected chi connectivity index (χ4v) is 1.82. The zero-order valence-corrected chi connectivity index (χ0v) is 13.4. The smallest absolute Gasteiger partial charge is 0.0169 e. The fraction of sp³-hybridized carbons (Fsp3) is 0.550. The molecule has 0 amide bonds. The summed E-state index contributed by atoms with van der Waals surface area (Å²) in [6, 6.07) is 0. The van der Waals surface area contributed by atoms with Gasteiger partial charge in [-0.3, -0.25) is 0 Å². The molecular weight excluding hydrogens is 240 g/mol. The Kier molecular flexibility index (Phi) is 17.0. The highest BCUT2D eigenvalue weighted by Crippen LogP contribution is 2.01. The summed E-state index contributed by atoms with van der Waals surface area (Å²) in [6.07, 6.45) is 29.9. The van der Waals surface area contributed by atoms with E-state index in [0.29, 0.717) is 0 Å². The van der Waals surface area contributed by atoms with Crippen LogP contribution >= 0.6 is 0 Å². The van der Waals surface area contributed by atoms with E-state index in [-0.39, 0.29) is 0 Å². The van der Waals surface area contributed by atoms with Crippen molar-refractivity contribution in [3.63, 3.8) is 0 Å². The Bertz CT molecular complexity index is 278. The minimum Gasteiger partial charge on any atom is -0.0882 e. The maximum absolute atomic E-state index is 3.83. The van der Waals surface area contributed by atoms with E-state index < -0.39 is 0 Å². The number of hydrogen-bond donors (Lipinski definition) is 0. The molecule has 1 radical (unpaired) electrons. The van der Waals surface area contributed by atoms with Crippen LogP contribution in [0.2, 0.25) is 0 Å². The summed E-state index contributed by atoms with van der Waals surface area (Å²) in [4.78, 5) is 0. The van der Waals surface area contributed by atoms with E-state index in [4.69, 9.17) is 0 Å². The van der Waals surface area contributed by atoms with E-state index in [1.54, 1.807) is 0 Å². The first-order valence-electron chi connectivity index (χ1n) is 8.31. The van der Waals surface area contributed by atoms with Crippen molar-refractivity contribution in [2.45, 2.75) is 71.1 Å². The molecule has 0 saturated carbocycles. The highest BCUT2D eigenvalue weighted by molar-refractivity contribution is 4.99. The molecule has 0 heteroatoms. The average Bonchev–Trinajstić information content (AvgIpc) is 2.47. The van der Waals surface area contributed by atoms with Gasteiger partial charge in [0.1, 0.15) is 0 Å². The average molecular weight is 273 g/mol. The second-order valence-corrected chi connectivity index (χ2v) is 5.08. The lowest BCUT2D eigenvalue weighted by molar-refractivity contribution is 0.728. The molecule has 0 fully saturated rings. The molecule has 0 aromatic rings. The first-order valence-corrected chi connectivity index (χ1v) is 8.31. The van der Waals surface area contributed by atoms with Crippen molar-refractivity contribution in [2.75, 3.05) is 0 Å². The summed E-state index contributed by atoms with van der Waals surface area (Å²) in [7, 11) is 0. The van der Waals surface area contributed by atoms with Crippen LogP contribution in [-0.2, 0) is 0 Å². The summed E-state index contributed by atoms with van der Waals surface area (Å²) in [5.74, 6) is 0. The number of allylic oxidation sites excluding steroid dienone is 8. The summed E-state index contributed by atoms with van der Waals surface area (Å²) in [6.45, 7) is 6.08. The largest absolute Gasteiger partial charge is 0.0882 e. The normalized spacial score (nSPS) is 12.7. The van der Waals surface area contributed by atoms with Crippen molar-refractivity contribution in [3.05, 3.63) is 55.5 Å². The van der Waals surface area contributed by atoms with Crippen molar-refractivity contribution in [2.24, 2.45) is 0 Å². The molecule has 0 N–H and O–H groups in total. The lowest BCUT2D eigenvalue weighted by Crippen LogP contribution is -1.70. The molecule has 0 aliphatic heterocycles. The van der Waals surface area contributed by atoms with Crippen LogP contribution in [0.5, 0.6) is 0 Å². The van der Waals surface area contributed by atoms with E-state index >= 15 is 0 Å². The molecule has 0 unspecified atom stereocenters. The number of hydrogen-bond acceptors (Lipinski definition) is 0. The van der Waals surface area contributed by atoms with Gasteiger partial charge in [-0.1, -0.05) is 81.7 Å². The van der Waals surface area contributed by atoms with Crippen LogP contribution in [0.15, 0.2) is 48.6 Å². The third-order valence-corrected chi connectivity index (χ3v) is 3.08. The fourth-order valence-electron chi connectivity index (χ4n) is 1.82. The molecule has 0 saturated heterocycles. The van der Waals surface area contributed by atoms with Gasteiger partial charge in [-0.15, -0.1) is 0 Å². The van der Waals surface area contributed by atoms with Crippen LogP contribution in [0, 0.1) is 6.92 Å². The molecule has 0 nitrogen and oxygen atoms in total. The topological polar surface area (TPSA) is 0 Å². The summed E-state index contributed by atoms with van der Waals surface area (Å²) >= 11 is 0. The van der Waals surface area contributed by atoms with Crippen molar-refractivity contribution in [1.82, 2.24) is 0 Å². The molecule has 20 heavy (non-hydrogen) atoms. The molecule has 0 aromatic heterocycles. The molecule has 0 heterocycles. The van der Waals surface area contributed by atoms with Crippen molar-refractivity contribution in [1.29, 1.82) is 0 Å². The molecule has 113 valence electrons. The van der Waals surface area contributed by atoms with E-state index in [2.05, 4.69) is 62.5 Å². The van der Waals surface area contributed by atoms with Crippen LogP contribution in [0.1, 0.15) is 71.1 Å². The lowest BCUT2D eigenvalue weighted by atomic mass is 10.2. The van der Waals surface area contributed by atoms with Gasteiger partial charge in [0, 0.05) is 0 Å². The first kappa shape index (κ1) is 19.0. The Hall–Kier alpha value is -1.04. The predicted molar refractivity (Wildman–Crippen MR) is 93.8 cm³/mol. The quantitative estimate of drug-likeness (QED) is 0.251. The zero-order chi connectivity index (χ0) is 14.7. The van der Waals surface area contributed by atoms with Gasteiger partial charge in [-0.05, 0) is 44.9 Å². The molecule has 0 atom stereocenters. The minimum absolute atomic E-state index is 1.04.